The molecule has 3 aromatic carbocycles. The minimum Gasteiger partial charge on any atom is -0.462 e. The van der Waals surface area contributed by atoms with Gasteiger partial charge in [0, 0.05) is 6.42 Å². The Balaban J connectivity index is 1.48. The van der Waals surface area contributed by atoms with Crippen LogP contribution in [0.1, 0.15) is 92.9 Å². The molecule has 3 aromatic rings. The zero-order chi connectivity index (χ0) is 28.7. The predicted molar refractivity (Wildman–Crippen MR) is 157 cm³/mol. The van der Waals surface area contributed by atoms with Crippen LogP contribution in [0, 0.1) is 5.92 Å². The van der Waals surface area contributed by atoms with Crippen LogP contribution >= 0.6 is 0 Å². The second-order valence-corrected chi connectivity index (χ2v) is 10.1. The van der Waals surface area contributed by atoms with E-state index in [9.17, 15) is 14.4 Å². The van der Waals surface area contributed by atoms with Crippen LogP contribution in [0.3, 0.4) is 0 Å². The molecule has 6 heteroatoms. The molecule has 0 aliphatic heterocycles. The average molecular weight is 545 g/mol. The van der Waals surface area contributed by atoms with Gasteiger partial charge in [0.05, 0.1) is 17.7 Å². The first-order valence-corrected chi connectivity index (χ1v) is 14.3. The Morgan fingerprint density at radius 1 is 0.625 bits per heavy atom. The zero-order valence-corrected chi connectivity index (χ0v) is 23.8. The highest BCUT2D eigenvalue weighted by Crippen LogP contribution is 2.24. The maximum Gasteiger partial charge on any atom is 0.343 e. The van der Waals surface area contributed by atoms with Gasteiger partial charge in [-0.05, 0) is 72.0 Å². The lowest BCUT2D eigenvalue weighted by Crippen LogP contribution is -2.12. The highest BCUT2D eigenvalue weighted by Gasteiger charge is 2.13. The molecule has 1 atom stereocenters. The van der Waals surface area contributed by atoms with Gasteiger partial charge in [-0.2, -0.15) is 0 Å². The monoisotopic (exact) mass is 544 g/mol. The lowest BCUT2D eigenvalue weighted by atomic mass is 10.0. The van der Waals surface area contributed by atoms with E-state index in [1.54, 1.807) is 48.5 Å². The summed E-state index contributed by atoms with van der Waals surface area (Å²) in [5, 5.41) is 0. The molecule has 212 valence electrons. The number of unbranched alkanes of at least 4 members (excludes halogenated alkanes) is 5. The highest BCUT2D eigenvalue weighted by molar-refractivity contribution is 5.92. The van der Waals surface area contributed by atoms with Gasteiger partial charge in [-0.3, -0.25) is 4.79 Å². The van der Waals surface area contributed by atoms with Gasteiger partial charge in [-0.25, -0.2) is 9.59 Å². The van der Waals surface area contributed by atoms with Gasteiger partial charge in [-0.1, -0.05) is 83.6 Å². The molecule has 0 bridgehead atoms. The Morgan fingerprint density at radius 3 is 1.75 bits per heavy atom. The summed E-state index contributed by atoms with van der Waals surface area (Å²) in [5.74, 6) is 0.0738. The Bertz CT molecular complexity index is 1210. The van der Waals surface area contributed by atoms with Crippen molar-refractivity contribution in [1.29, 1.82) is 0 Å². The quantitative estimate of drug-likeness (QED) is 0.109. The van der Waals surface area contributed by atoms with Gasteiger partial charge >= 0.3 is 17.9 Å². The molecule has 3 rings (SSSR count). The molecule has 0 aliphatic rings. The first-order valence-electron chi connectivity index (χ1n) is 14.3. The van der Waals surface area contributed by atoms with Crippen LogP contribution < -0.4 is 9.47 Å². The number of esters is 3. The molecule has 40 heavy (non-hydrogen) atoms. The van der Waals surface area contributed by atoms with Crippen molar-refractivity contribution in [1.82, 2.24) is 0 Å². The van der Waals surface area contributed by atoms with Crippen LogP contribution in [-0.2, 0) is 9.53 Å². The molecular formula is C34H40O6. The van der Waals surface area contributed by atoms with E-state index in [2.05, 4.69) is 6.92 Å². The summed E-state index contributed by atoms with van der Waals surface area (Å²) in [4.78, 5) is 36.9. The van der Waals surface area contributed by atoms with Gasteiger partial charge < -0.3 is 14.2 Å². The van der Waals surface area contributed by atoms with Gasteiger partial charge in [0.1, 0.15) is 11.5 Å². The van der Waals surface area contributed by atoms with Crippen LogP contribution in [0.2, 0.25) is 0 Å². The Hall–Kier alpha value is -3.93. The lowest BCUT2D eigenvalue weighted by Gasteiger charge is -2.10. The normalized spacial score (nSPS) is 11.5. The summed E-state index contributed by atoms with van der Waals surface area (Å²) < 4.78 is 16.2. The lowest BCUT2D eigenvalue weighted by molar-refractivity contribution is -0.134. The number of rotatable bonds is 15. The number of hydrogen-bond acceptors (Lipinski definition) is 6. The Morgan fingerprint density at radius 2 is 1.12 bits per heavy atom. The molecule has 0 unspecified atom stereocenters. The van der Waals surface area contributed by atoms with Crippen molar-refractivity contribution >= 4 is 17.9 Å². The first-order chi connectivity index (χ1) is 19.4. The van der Waals surface area contributed by atoms with Crippen molar-refractivity contribution in [2.75, 3.05) is 6.61 Å². The van der Waals surface area contributed by atoms with Gasteiger partial charge in [0.15, 0.2) is 0 Å². The topological polar surface area (TPSA) is 78.9 Å². The largest absolute Gasteiger partial charge is 0.462 e. The minimum atomic E-state index is -0.494. The summed E-state index contributed by atoms with van der Waals surface area (Å²) in [6.07, 6.45) is 8.12. The summed E-state index contributed by atoms with van der Waals surface area (Å²) >= 11 is 0. The van der Waals surface area contributed by atoms with E-state index in [-0.39, 0.29) is 5.97 Å². The molecule has 0 saturated carbocycles. The third kappa shape index (κ3) is 9.99. The van der Waals surface area contributed by atoms with Crippen LogP contribution in [-0.4, -0.2) is 24.5 Å². The molecule has 0 aliphatic carbocycles. The van der Waals surface area contributed by atoms with Crippen molar-refractivity contribution in [3.8, 4) is 22.6 Å². The smallest absolute Gasteiger partial charge is 0.343 e. The van der Waals surface area contributed by atoms with Crippen LogP contribution in [0.4, 0.5) is 0 Å². The van der Waals surface area contributed by atoms with Crippen molar-refractivity contribution in [3.05, 3.63) is 83.9 Å². The van der Waals surface area contributed by atoms with Gasteiger partial charge in [0.2, 0.25) is 0 Å². The summed E-state index contributed by atoms with van der Waals surface area (Å²) in [6.45, 7) is 6.63. The SMILES string of the molecule is CCCCCCCCC(=O)Oc1ccc(-c2ccc(C(=O)Oc3ccc(C(=O)OC[C@@H](C)CC)cc3)cc2)cc1. The van der Waals surface area contributed by atoms with E-state index >= 15 is 0 Å². The third-order valence-corrected chi connectivity index (χ3v) is 6.77. The molecule has 0 fully saturated rings. The fourth-order valence-corrected chi connectivity index (χ4v) is 3.99. The van der Waals surface area contributed by atoms with Crippen molar-refractivity contribution in [3.63, 3.8) is 0 Å². The molecule has 0 aromatic heterocycles. The first kappa shape index (κ1) is 30.6. The van der Waals surface area contributed by atoms with Crippen molar-refractivity contribution < 1.29 is 28.6 Å². The fourth-order valence-electron chi connectivity index (χ4n) is 3.99. The van der Waals surface area contributed by atoms with Gasteiger partial charge in [-0.15, -0.1) is 0 Å². The number of benzene rings is 3. The fraction of sp³-hybridized carbons (Fsp3) is 0.382. The number of hydrogen-bond donors (Lipinski definition) is 0. The van der Waals surface area contributed by atoms with Crippen LogP contribution in [0.25, 0.3) is 11.1 Å². The van der Waals surface area contributed by atoms with Crippen molar-refractivity contribution in [2.45, 2.75) is 72.1 Å². The van der Waals surface area contributed by atoms with Gasteiger partial charge in [0.25, 0.3) is 0 Å². The van der Waals surface area contributed by atoms with E-state index in [1.165, 1.54) is 19.3 Å². The maximum atomic E-state index is 12.6. The van der Waals surface area contributed by atoms with E-state index in [0.717, 1.165) is 36.8 Å². The number of carbonyl (C=O) groups is 3. The van der Waals surface area contributed by atoms with Crippen LogP contribution in [0.15, 0.2) is 72.8 Å². The Kier molecular flexibility index (Phi) is 12.4. The summed E-state index contributed by atoms with van der Waals surface area (Å²) in [5.41, 5.74) is 2.67. The molecule has 0 saturated heterocycles. The Labute approximate surface area is 237 Å². The van der Waals surface area contributed by atoms with E-state index in [1.807, 2.05) is 38.1 Å². The standard InChI is InChI=1S/C34H40O6/c1-4-6-7-8-9-10-11-32(35)39-30-20-16-27(17-21-30)26-12-14-29(15-13-26)34(37)40-31-22-18-28(19-23-31)33(36)38-24-25(3)5-2/h12-23,25H,4-11,24H2,1-3H3/t25-/m0/s1. The number of carbonyl (C=O) groups excluding carboxylic acids is 3. The summed E-state index contributed by atoms with van der Waals surface area (Å²) in [7, 11) is 0. The molecular weight excluding hydrogens is 504 g/mol. The predicted octanol–water partition coefficient (Wildman–Crippen LogP) is 8.43. The molecule has 0 amide bonds. The van der Waals surface area contributed by atoms with Crippen LogP contribution in [0.5, 0.6) is 11.5 Å². The highest BCUT2D eigenvalue weighted by atomic mass is 16.5. The van der Waals surface area contributed by atoms with E-state index in [0.29, 0.717) is 41.6 Å². The molecule has 0 N–H and O–H groups in total. The number of ether oxygens (including phenoxy) is 3. The van der Waals surface area contributed by atoms with Crippen molar-refractivity contribution in [2.24, 2.45) is 5.92 Å². The van der Waals surface area contributed by atoms with E-state index in [4.69, 9.17) is 14.2 Å². The third-order valence-electron chi connectivity index (χ3n) is 6.77. The second kappa shape index (κ2) is 16.2. The minimum absolute atomic E-state index is 0.206. The zero-order valence-electron chi connectivity index (χ0n) is 23.8. The molecule has 0 spiro atoms. The average Bonchev–Trinajstić information content (AvgIpc) is 2.98. The molecule has 6 nitrogen and oxygen atoms in total. The second-order valence-electron chi connectivity index (χ2n) is 10.1. The molecule has 0 heterocycles. The molecule has 0 radical (unpaired) electrons. The van der Waals surface area contributed by atoms with E-state index < -0.39 is 11.9 Å². The summed E-state index contributed by atoms with van der Waals surface area (Å²) in [6, 6.07) is 20.7. The maximum absolute atomic E-state index is 12.6.